The lowest BCUT2D eigenvalue weighted by Crippen LogP contribution is -2.33. The Balaban J connectivity index is 2.20. The maximum absolute atomic E-state index is 13.7. The lowest BCUT2D eigenvalue weighted by atomic mass is 9.92. The van der Waals surface area contributed by atoms with Crippen molar-refractivity contribution in [2.75, 3.05) is 7.11 Å². The molecule has 28 heavy (non-hydrogen) atoms. The third-order valence-electron chi connectivity index (χ3n) is 4.66. The molecule has 3 rings (SSSR count). The van der Waals surface area contributed by atoms with Crippen molar-refractivity contribution < 1.29 is 22.7 Å². The summed E-state index contributed by atoms with van der Waals surface area (Å²) in [5, 5.41) is 1.33. The van der Waals surface area contributed by atoms with E-state index in [1.165, 1.54) is 26.3 Å². The number of hydrogen-bond donors (Lipinski definition) is 1. The largest absolute Gasteiger partial charge is 0.468 e. The molecule has 0 amide bonds. The number of ether oxygens (including phenoxy) is 1. The van der Waals surface area contributed by atoms with Gasteiger partial charge in [0, 0.05) is 11.8 Å². The molecule has 0 radical (unpaired) electrons. The van der Waals surface area contributed by atoms with Gasteiger partial charge in [0.15, 0.2) is 0 Å². The van der Waals surface area contributed by atoms with E-state index >= 15 is 0 Å². The second-order valence-electron chi connectivity index (χ2n) is 6.50. The summed E-state index contributed by atoms with van der Waals surface area (Å²) in [5.74, 6) is -0.548. The molecular formula is C21H19F3N2O2. The van der Waals surface area contributed by atoms with Gasteiger partial charge in [0.25, 0.3) is 0 Å². The van der Waals surface area contributed by atoms with Crippen LogP contribution >= 0.6 is 0 Å². The second kappa shape index (κ2) is 7.59. The van der Waals surface area contributed by atoms with Crippen molar-refractivity contribution in [1.82, 2.24) is 4.98 Å². The highest BCUT2D eigenvalue weighted by atomic mass is 19.4. The van der Waals surface area contributed by atoms with Crippen molar-refractivity contribution in [3.05, 3.63) is 65.4 Å². The van der Waals surface area contributed by atoms with Crippen molar-refractivity contribution in [3.63, 3.8) is 0 Å². The number of halogens is 3. The number of nitrogens with two attached hydrogens (primary N) is 1. The van der Waals surface area contributed by atoms with Crippen LogP contribution in [-0.4, -0.2) is 24.1 Å². The van der Waals surface area contributed by atoms with Gasteiger partial charge < -0.3 is 10.5 Å². The minimum Gasteiger partial charge on any atom is -0.468 e. The molecule has 0 saturated carbocycles. The number of nitrogens with zero attached hydrogens (tertiary/aromatic N) is 1. The van der Waals surface area contributed by atoms with Crippen LogP contribution in [0.2, 0.25) is 0 Å². The Labute approximate surface area is 160 Å². The summed E-state index contributed by atoms with van der Waals surface area (Å²) in [7, 11) is 1.26. The van der Waals surface area contributed by atoms with Crippen LogP contribution in [-0.2, 0) is 22.1 Å². The number of fused-ring (bicyclic) bond motifs is 1. The van der Waals surface area contributed by atoms with E-state index in [4.69, 9.17) is 5.73 Å². The molecule has 7 heteroatoms. The molecule has 0 aliphatic rings. The first kappa shape index (κ1) is 19.8. The van der Waals surface area contributed by atoms with Gasteiger partial charge in [-0.2, -0.15) is 13.2 Å². The number of alkyl halides is 3. The molecule has 0 spiro atoms. The zero-order chi connectivity index (χ0) is 20.5. The molecule has 0 aliphatic carbocycles. The lowest BCUT2D eigenvalue weighted by Gasteiger charge is -2.18. The monoisotopic (exact) mass is 388 g/mol. The number of pyridine rings is 1. The van der Waals surface area contributed by atoms with Gasteiger partial charge in [-0.1, -0.05) is 36.4 Å². The summed E-state index contributed by atoms with van der Waals surface area (Å²) in [6.07, 6.45) is -2.95. The van der Waals surface area contributed by atoms with E-state index in [2.05, 4.69) is 9.72 Å². The average molecular weight is 388 g/mol. The Kier molecular flexibility index (Phi) is 5.38. The van der Waals surface area contributed by atoms with Crippen LogP contribution in [0.3, 0.4) is 0 Å². The smallest absolute Gasteiger partial charge is 0.418 e. The molecule has 3 aromatic rings. The minimum atomic E-state index is -4.53. The van der Waals surface area contributed by atoms with Crippen LogP contribution < -0.4 is 5.73 Å². The minimum absolute atomic E-state index is 0.110. The zero-order valence-corrected chi connectivity index (χ0v) is 15.4. The van der Waals surface area contributed by atoms with E-state index in [0.717, 1.165) is 10.9 Å². The normalized spacial score (nSPS) is 12.8. The zero-order valence-electron chi connectivity index (χ0n) is 15.4. The first-order valence-electron chi connectivity index (χ1n) is 8.61. The molecule has 0 bridgehead atoms. The number of esters is 1. The highest BCUT2D eigenvalue weighted by Crippen LogP contribution is 2.40. The fourth-order valence-corrected chi connectivity index (χ4v) is 3.34. The molecule has 0 fully saturated rings. The molecule has 0 saturated heterocycles. The highest BCUT2D eigenvalue weighted by molar-refractivity contribution is 5.98. The number of carbonyl (C=O) groups is 1. The van der Waals surface area contributed by atoms with Gasteiger partial charge in [0.05, 0.1) is 18.4 Å². The number of aryl methyl sites for hydroxylation is 1. The summed E-state index contributed by atoms with van der Waals surface area (Å²) in [6.45, 7) is 1.42. The molecular weight excluding hydrogens is 369 g/mol. The molecule has 1 aromatic heterocycles. The molecule has 0 aliphatic heterocycles. The van der Waals surface area contributed by atoms with Crippen molar-refractivity contribution in [1.29, 1.82) is 0 Å². The topological polar surface area (TPSA) is 65.2 Å². The maximum Gasteiger partial charge on any atom is 0.418 e. The molecule has 4 nitrogen and oxygen atoms in total. The molecule has 2 aromatic carbocycles. The quantitative estimate of drug-likeness (QED) is 0.678. The Morgan fingerprint density at radius 3 is 2.46 bits per heavy atom. The number of hydrogen-bond acceptors (Lipinski definition) is 4. The SMILES string of the molecule is COC(=O)[C@@H](N)Cc1ccc(-c2nccc(C)c2C(F)(F)F)c2ccccc12. The third-order valence-corrected chi connectivity index (χ3v) is 4.66. The Hall–Kier alpha value is -2.93. The maximum atomic E-state index is 13.7. The van der Waals surface area contributed by atoms with Gasteiger partial charge in [0.2, 0.25) is 0 Å². The number of methoxy groups -OCH3 is 1. The number of benzene rings is 2. The van der Waals surface area contributed by atoms with E-state index in [9.17, 15) is 18.0 Å². The molecule has 1 atom stereocenters. The molecule has 2 N–H and O–H groups in total. The van der Waals surface area contributed by atoms with Crippen LogP contribution in [0.15, 0.2) is 48.7 Å². The van der Waals surface area contributed by atoms with Crippen LogP contribution in [0.25, 0.3) is 22.0 Å². The van der Waals surface area contributed by atoms with Gasteiger partial charge in [-0.3, -0.25) is 9.78 Å². The predicted molar refractivity (Wildman–Crippen MR) is 101 cm³/mol. The fourth-order valence-electron chi connectivity index (χ4n) is 3.34. The van der Waals surface area contributed by atoms with Crippen molar-refractivity contribution in [2.24, 2.45) is 5.73 Å². The first-order chi connectivity index (χ1) is 13.2. The fraction of sp³-hybridized carbons (Fsp3) is 0.238. The van der Waals surface area contributed by atoms with Crippen molar-refractivity contribution >= 4 is 16.7 Å². The third kappa shape index (κ3) is 3.71. The second-order valence-corrected chi connectivity index (χ2v) is 6.50. The summed E-state index contributed by atoms with van der Waals surface area (Å²) in [4.78, 5) is 15.7. The first-order valence-corrected chi connectivity index (χ1v) is 8.61. The highest BCUT2D eigenvalue weighted by Gasteiger charge is 2.36. The number of rotatable bonds is 4. The average Bonchev–Trinajstić information content (AvgIpc) is 2.66. The Morgan fingerprint density at radius 1 is 1.14 bits per heavy atom. The van der Waals surface area contributed by atoms with Crippen LogP contribution in [0, 0.1) is 6.92 Å². The van der Waals surface area contributed by atoms with Gasteiger partial charge >= 0.3 is 12.1 Å². The van der Waals surface area contributed by atoms with E-state index < -0.39 is 23.8 Å². The standard InChI is InChI=1S/C21H19F3N2O2/c1-12-9-10-26-19(18(12)21(22,23)24)16-8-7-13(11-17(25)20(27)28-2)14-5-3-4-6-15(14)16/h3-10,17H,11,25H2,1-2H3/t17-/m0/s1. The lowest BCUT2D eigenvalue weighted by molar-refractivity contribution is -0.142. The van der Waals surface area contributed by atoms with Gasteiger partial charge in [0.1, 0.15) is 6.04 Å². The van der Waals surface area contributed by atoms with Gasteiger partial charge in [-0.25, -0.2) is 0 Å². The van der Waals surface area contributed by atoms with Crippen molar-refractivity contribution in [3.8, 4) is 11.3 Å². The van der Waals surface area contributed by atoms with E-state index in [-0.39, 0.29) is 17.7 Å². The van der Waals surface area contributed by atoms with Gasteiger partial charge in [-0.05, 0) is 41.3 Å². The van der Waals surface area contributed by atoms with Crippen LogP contribution in [0.1, 0.15) is 16.7 Å². The Morgan fingerprint density at radius 2 is 1.82 bits per heavy atom. The summed E-state index contributed by atoms with van der Waals surface area (Å²) in [6, 6.07) is 10.8. The molecule has 1 heterocycles. The summed E-state index contributed by atoms with van der Waals surface area (Å²) < 4.78 is 45.7. The van der Waals surface area contributed by atoms with Crippen LogP contribution in [0.4, 0.5) is 13.2 Å². The molecule has 0 unspecified atom stereocenters. The number of carbonyl (C=O) groups excluding carboxylic acids is 1. The van der Waals surface area contributed by atoms with Gasteiger partial charge in [-0.15, -0.1) is 0 Å². The van der Waals surface area contributed by atoms with E-state index in [0.29, 0.717) is 10.9 Å². The van der Waals surface area contributed by atoms with Crippen LogP contribution in [0.5, 0.6) is 0 Å². The number of aromatic nitrogens is 1. The summed E-state index contributed by atoms with van der Waals surface area (Å²) >= 11 is 0. The summed E-state index contributed by atoms with van der Waals surface area (Å²) in [5.41, 5.74) is 6.23. The van der Waals surface area contributed by atoms with E-state index in [1.54, 1.807) is 36.4 Å². The Bertz CT molecular complexity index is 1030. The predicted octanol–water partition coefficient (Wildman–Crippen LogP) is 4.27. The molecule has 146 valence electrons. The van der Waals surface area contributed by atoms with Crippen molar-refractivity contribution in [2.45, 2.75) is 25.6 Å². The van der Waals surface area contributed by atoms with E-state index in [1.807, 2.05) is 0 Å².